The first-order valence-corrected chi connectivity index (χ1v) is 10.4. The molecule has 6 nitrogen and oxygen atoms in total. The number of pyridine rings is 1. The first kappa shape index (κ1) is 18.3. The van der Waals surface area contributed by atoms with Crippen LogP contribution in [0.15, 0.2) is 73.2 Å². The summed E-state index contributed by atoms with van der Waals surface area (Å²) in [4.78, 5) is 17.8. The molecule has 7 heteroatoms. The Morgan fingerprint density at radius 3 is 2.80 bits per heavy atom. The molecule has 5 aromatic rings. The van der Waals surface area contributed by atoms with Gasteiger partial charge in [0.2, 0.25) is 0 Å². The van der Waals surface area contributed by atoms with Crippen molar-refractivity contribution in [3.63, 3.8) is 0 Å². The van der Waals surface area contributed by atoms with Gasteiger partial charge >= 0.3 is 6.03 Å². The van der Waals surface area contributed by atoms with Gasteiger partial charge in [-0.15, -0.1) is 11.3 Å². The Labute approximate surface area is 177 Å². The topological polar surface area (TPSA) is 82.7 Å². The van der Waals surface area contributed by atoms with Gasteiger partial charge in [-0.1, -0.05) is 24.3 Å². The van der Waals surface area contributed by atoms with Gasteiger partial charge in [0, 0.05) is 38.6 Å². The van der Waals surface area contributed by atoms with Gasteiger partial charge in [0.25, 0.3) is 0 Å². The largest absolute Gasteiger partial charge is 0.331 e. The fourth-order valence-electron chi connectivity index (χ4n) is 3.52. The summed E-state index contributed by atoms with van der Waals surface area (Å²) in [5, 5.41) is 15.3. The molecule has 2 aromatic carbocycles. The number of urea groups is 1. The number of H-pyrrole nitrogens is 1. The molecule has 1 atom stereocenters. The van der Waals surface area contributed by atoms with Crippen molar-refractivity contribution in [2.24, 2.45) is 0 Å². The monoisotopic (exact) mass is 413 g/mol. The maximum Gasteiger partial charge on any atom is 0.319 e. The van der Waals surface area contributed by atoms with Gasteiger partial charge in [-0.2, -0.15) is 5.10 Å². The van der Waals surface area contributed by atoms with Gasteiger partial charge in [-0.25, -0.2) is 4.79 Å². The second-order valence-corrected chi connectivity index (χ2v) is 8.20. The van der Waals surface area contributed by atoms with E-state index in [0.29, 0.717) is 5.69 Å². The van der Waals surface area contributed by atoms with E-state index in [1.165, 1.54) is 10.1 Å². The molecule has 5 rings (SSSR count). The lowest BCUT2D eigenvalue weighted by Gasteiger charge is -2.15. The number of fused-ring (bicyclic) bond motifs is 2. The normalized spacial score (nSPS) is 12.2. The Bertz CT molecular complexity index is 1310. The third-order valence-electron chi connectivity index (χ3n) is 5.03. The molecule has 1 unspecified atom stereocenters. The predicted molar refractivity (Wildman–Crippen MR) is 122 cm³/mol. The number of aromatic amines is 1. The van der Waals surface area contributed by atoms with E-state index in [9.17, 15) is 4.79 Å². The Morgan fingerprint density at radius 1 is 1.07 bits per heavy atom. The predicted octanol–water partition coefficient (Wildman–Crippen LogP) is 5.72. The zero-order chi connectivity index (χ0) is 20.5. The molecular weight excluding hydrogens is 394 g/mol. The molecule has 0 saturated heterocycles. The maximum absolute atomic E-state index is 12.6. The third kappa shape index (κ3) is 3.51. The van der Waals surface area contributed by atoms with Crippen LogP contribution < -0.4 is 10.6 Å². The van der Waals surface area contributed by atoms with Gasteiger partial charge in [-0.3, -0.25) is 10.1 Å². The highest BCUT2D eigenvalue weighted by Crippen LogP contribution is 2.38. The number of hydrogen-bond acceptors (Lipinski definition) is 4. The summed E-state index contributed by atoms with van der Waals surface area (Å²) < 4.78 is 1.22. The van der Waals surface area contributed by atoms with Gasteiger partial charge < -0.3 is 10.6 Å². The van der Waals surface area contributed by atoms with E-state index in [2.05, 4.69) is 44.0 Å². The zero-order valence-corrected chi connectivity index (χ0v) is 17.0. The van der Waals surface area contributed by atoms with Crippen LogP contribution in [-0.4, -0.2) is 21.2 Å². The minimum atomic E-state index is -0.267. The standard InChI is InChI=1S/C23H19N5OS/c1-14(16-6-4-8-24-12-16)26-23(29)27-18-9-17-13-25-28-22(17)19(11-18)21-10-15-5-2-3-7-20(15)30-21/h2-14H,1H3,(H,25,28)(H2,26,27,29). The van der Waals surface area contributed by atoms with Crippen LogP contribution >= 0.6 is 11.3 Å². The summed E-state index contributed by atoms with van der Waals surface area (Å²) in [6.07, 6.45) is 5.24. The lowest BCUT2D eigenvalue weighted by atomic mass is 10.1. The highest BCUT2D eigenvalue weighted by Gasteiger charge is 2.14. The Kier molecular flexibility index (Phi) is 4.65. The molecule has 0 bridgehead atoms. The van der Waals surface area contributed by atoms with Crippen molar-refractivity contribution >= 4 is 44.0 Å². The molecule has 0 radical (unpaired) electrons. The summed E-state index contributed by atoms with van der Waals surface area (Å²) in [6, 6.07) is 17.8. The van der Waals surface area contributed by atoms with E-state index < -0.39 is 0 Å². The van der Waals surface area contributed by atoms with Crippen molar-refractivity contribution in [1.82, 2.24) is 20.5 Å². The molecule has 3 heterocycles. The Balaban J connectivity index is 1.44. The molecule has 0 saturated carbocycles. The third-order valence-corrected chi connectivity index (χ3v) is 6.18. The fourth-order valence-corrected chi connectivity index (χ4v) is 4.60. The number of carbonyl (C=O) groups excluding carboxylic acids is 1. The summed E-state index contributed by atoms with van der Waals surface area (Å²) in [5.74, 6) is 0. The second-order valence-electron chi connectivity index (χ2n) is 7.11. The highest BCUT2D eigenvalue weighted by atomic mass is 32.1. The Morgan fingerprint density at radius 2 is 1.97 bits per heavy atom. The number of rotatable bonds is 4. The number of carbonyl (C=O) groups is 1. The first-order chi connectivity index (χ1) is 14.7. The fraction of sp³-hybridized carbons (Fsp3) is 0.0870. The molecule has 0 aliphatic rings. The average Bonchev–Trinajstić information content (AvgIpc) is 3.40. The van der Waals surface area contributed by atoms with Crippen LogP contribution in [0.5, 0.6) is 0 Å². The lowest BCUT2D eigenvalue weighted by molar-refractivity contribution is 0.249. The number of anilines is 1. The van der Waals surface area contributed by atoms with Crippen molar-refractivity contribution < 1.29 is 4.79 Å². The Hall–Kier alpha value is -3.71. The second kappa shape index (κ2) is 7.61. The van der Waals surface area contributed by atoms with Crippen LogP contribution in [0.25, 0.3) is 31.4 Å². The van der Waals surface area contributed by atoms with Gasteiger partial charge in [0.05, 0.1) is 17.8 Å². The number of thiophene rings is 1. The van der Waals surface area contributed by atoms with Gasteiger partial charge in [0.1, 0.15) is 0 Å². The van der Waals surface area contributed by atoms with E-state index in [0.717, 1.165) is 26.9 Å². The van der Waals surface area contributed by atoms with Crippen LogP contribution in [0.1, 0.15) is 18.5 Å². The van der Waals surface area contributed by atoms with E-state index in [-0.39, 0.29) is 12.1 Å². The molecule has 2 amide bonds. The molecule has 3 aromatic heterocycles. The van der Waals surface area contributed by atoms with Crippen LogP contribution in [0.4, 0.5) is 10.5 Å². The van der Waals surface area contributed by atoms with Crippen LogP contribution in [0.3, 0.4) is 0 Å². The van der Waals surface area contributed by atoms with Crippen LogP contribution in [0, 0.1) is 0 Å². The highest BCUT2D eigenvalue weighted by molar-refractivity contribution is 7.22. The number of benzene rings is 2. The number of hydrogen-bond donors (Lipinski definition) is 3. The summed E-state index contributed by atoms with van der Waals surface area (Å²) in [6.45, 7) is 1.93. The van der Waals surface area contributed by atoms with Crippen LogP contribution in [-0.2, 0) is 0 Å². The van der Waals surface area contributed by atoms with E-state index >= 15 is 0 Å². The number of amides is 2. The summed E-state index contributed by atoms with van der Waals surface area (Å²) >= 11 is 1.72. The maximum atomic E-state index is 12.6. The van der Waals surface area contributed by atoms with Crippen molar-refractivity contribution in [3.05, 3.63) is 78.8 Å². The molecule has 0 fully saturated rings. The smallest absolute Gasteiger partial charge is 0.319 e. The zero-order valence-electron chi connectivity index (χ0n) is 16.2. The molecule has 3 N–H and O–H groups in total. The average molecular weight is 414 g/mol. The van der Waals surface area contributed by atoms with Crippen molar-refractivity contribution in [3.8, 4) is 10.4 Å². The van der Waals surface area contributed by atoms with E-state index in [1.54, 1.807) is 29.9 Å². The van der Waals surface area contributed by atoms with E-state index in [4.69, 9.17) is 0 Å². The SMILES string of the molecule is CC(NC(=O)Nc1cc(-c2cc3ccccc3s2)c2[nH]ncc2c1)c1cccnc1. The molecule has 0 aliphatic carbocycles. The van der Waals surface area contributed by atoms with Crippen molar-refractivity contribution in [1.29, 1.82) is 0 Å². The van der Waals surface area contributed by atoms with Crippen molar-refractivity contribution in [2.75, 3.05) is 5.32 Å². The summed E-state index contributed by atoms with van der Waals surface area (Å²) in [5.41, 5.74) is 3.63. The molecule has 30 heavy (non-hydrogen) atoms. The first-order valence-electron chi connectivity index (χ1n) is 9.61. The summed E-state index contributed by atoms with van der Waals surface area (Å²) in [7, 11) is 0. The van der Waals surface area contributed by atoms with Gasteiger partial charge in [-0.05, 0) is 48.2 Å². The molecular formula is C23H19N5OS. The number of nitrogens with zero attached hydrogens (tertiary/aromatic N) is 2. The quantitative estimate of drug-likeness (QED) is 0.352. The molecule has 0 aliphatic heterocycles. The minimum Gasteiger partial charge on any atom is -0.331 e. The lowest BCUT2D eigenvalue weighted by Crippen LogP contribution is -2.31. The minimum absolute atomic E-state index is 0.154. The van der Waals surface area contributed by atoms with E-state index in [1.807, 2.05) is 43.3 Å². The number of aromatic nitrogens is 3. The van der Waals surface area contributed by atoms with Crippen LogP contribution in [0.2, 0.25) is 0 Å². The van der Waals surface area contributed by atoms with Crippen molar-refractivity contribution in [2.45, 2.75) is 13.0 Å². The van der Waals surface area contributed by atoms with Gasteiger partial charge in [0.15, 0.2) is 0 Å². The number of nitrogens with one attached hydrogen (secondary N) is 3. The molecule has 0 spiro atoms. The molecule has 148 valence electrons.